The summed E-state index contributed by atoms with van der Waals surface area (Å²) in [4.78, 5) is 24.3. The molecule has 188 valence electrons. The maximum Gasteiger partial charge on any atom is 0.417 e. The molecule has 0 radical (unpaired) electrons. The molecule has 0 aliphatic heterocycles. The lowest BCUT2D eigenvalue weighted by Gasteiger charge is -2.13. The van der Waals surface area contributed by atoms with Gasteiger partial charge in [0.1, 0.15) is 12.4 Å². The lowest BCUT2D eigenvalue weighted by Crippen LogP contribution is -2.09. The molecule has 0 saturated heterocycles. The third-order valence-electron chi connectivity index (χ3n) is 5.82. The van der Waals surface area contributed by atoms with Gasteiger partial charge in [-0.2, -0.15) is 13.2 Å². The number of alkyl halides is 3. The van der Waals surface area contributed by atoms with Crippen LogP contribution in [0.5, 0.6) is 5.88 Å². The van der Waals surface area contributed by atoms with E-state index in [-0.39, 0.29) is 35.3 Å². The highest BCUT2D eigenvalue weighted by Gasteiger charge is 2.31. The van der Waals surface area contributed by atoms with E-state index in [1.807, 2.05) is 30.5 Å². The number of ether oxygens (including phenoxy) is 1. The number of halogens is 4. The monoisotopic (exact) mass is 518 g/mol. The fraction of sp³-hybridized carbons (Fsp3) is 0.280. The molecule has 0 fully saturated rings. The van der Waals surface area contributed by atoms with Crippen LogP contribution < -0.4 is 4.74 Å². The van der Waals surface area contributed by atoms with Crippen molar-refractivity contribution in [3.05, 3.63) is 81.0 Å². The minimum absolute atomic E-state index is 0.0845. The number of hydrogen-bond donors (Lipinski definition) is 1. The highest BCUT2D eigenvalue weighted by atomic mass is 35.5. The van der Waals surface area contributed by atoms with Crippen LogP contribution in [-0.4, -0.2) is 30.6 Å². The zero-order chi connectivity index (χ0) is 26.2. The Labute approximate surface area is 209 Å². The highest BCUT2D eigenvalue weighted by Crippen LogP contribution is 2.32. The van der Waals surface area contributed by atoms with Gasteiger partial charge in [0.25, 0.3) is 0 Å². The number of nitrogens with zero attached hydrogens (tertiary/aromatic N) is 4. The lowest BCUT2D eigenvalue weighted by molar-refractivity contribution is -0.137. The molecule has 0 unspecified atom stereocenters. The van der Waals surface area contributed by atoms with Gasteiger partial charge in [0, 0.05) is 18.0 Å². The maximum absolute atomic E-state index is 13.0. The summed E-state index contributed by atoms with van der Waals surface area (Å²) in [6.45, 7) is 5.78. The summed E-state index contributed by atoms with van der Waals surface area (Å²) in [6, 6.07) is 6.08. The van der Waals surface area contributed by atoms with Gasteiger partial charge >= 0.3 is 12.1 Å². The first kappa shape index (κ1) is 25.4. The molecule has 1 N–H and O–H groups in total. The van der Waals surface area contributed by atoms with E-state index < -0.39 is 17.7 Å². The van der Waals surface area contributed by atoms with E-state index in [9.17, 15) is 23.1 Å². The van der Waals surface area contributed by atoms with Crippen molar-refractivity contribution < 1.29 is 27.8 Å². The average Bonchev–Trinajstić information content (AvgIpc) is 3.13. The van der Waals surface area contributed by atoms with Crippen molar-refractivity contribution in [3.8, 4) is 5.88 Å². The van der Waals surface area contributed by atoms with Crippen LogP contribution in [-0.2, 0) is 25.7 Å². The predicted molar refractivity (Wildman–Crippen MR) is 127 cm³/mol. The second-order valence-corrected chi connectivity index (χ2v) is 8.67. The largest absolute Gasteiger partial charge is 0.478 e. The Balaban J connectivity index is 1.66. The number of benzene rings is 1. The molecule has 0 aliphatic rings. The molecule has 0 amide bonds. The van der Waals surface area contributed by atoms with Crippen molar-refractivity contribution in [3.63, 3.8) is 0 Å². The molecule has 11 heteroatoms. The molecule has 0 spiro atoms. The average molecular weight is 519 g/mol. The van der Waals surface area contributed by atoms with E-state index in [4.69, 9.17) is 16.3 Å². The third-order valence-corrected chi connectivity index (χ3v) is 6.15. The van der Waals surface area contributed by atoms with Gasteiger partial charge in [-0.3, -0.25) is 4.98 Å². The standard InChI is InChI=1S/C25H22ClF3N4O3/c1-4-17-18(24(34)35)5-6-30-23(17)36-12-15-7-13(2)22-21(8-15)33(14(3)32-22)11-20-19(26)9-16(10-31-20)25(27,28)29/h5-10H,4,11-12H2,1-3H3,(H,34,35). The Morgan fingerprint density at radius 1 is 1.19 bits per heavy atom. The van der Waals surface area contributed by atoms with Crippen molar-refractivity contribution in [1.29, 1.82) is 0 Å². The van der Waals surface area contributed by atoms with Gasteiger partial charge in [0.05, 0.1) is 39.4 Å². The predicted octanol–water partition coefficient (Wildman–Crippen LogP) is 6.00. The quantitative estimate of drug-likeness (QED) is 0.322. The number of carboxylic acids is 1. The van der Waals surface area contributed by atoms with Crippen molar-refractivity contribution >= 4 is 28.6 Å². The molecule has 3 heterocycles. The molecule has 0 aliphatic carbocycles. The maximum atomic E-state index is 13.0. The van der Waals surface area contributed by atoms with Crippen LogP contribution >= 0.6 is 11.6 Å². The van der Waals surface area contributed by atoms with Crippen LogP contribution in [0.2, 0.25) is 5.02 Å². The number of aromatic nitrogens is 4. The zero-order valence-corrected chi connectivity index (χ0v) is 20.4. The second-order valence-electron chi connectivity index (χ2n) is 8.27. The van der Waals surface area contributed by atoms with Gasteiger partial charge in [-0.15, -0.1) is 0 Å². The van der Waals surface area contributed by atoms with Crippen molar-refractivity contribution in [2.75, 3.05) is 0 Å². The zero-order valence-electron chi connectivity index (χ0n) is 19.6. The van der Waals surface area contributed by atoms with Gasteiger partial charge in [0.15, 0.2) is 0 Å². The minimum atomic E-state index is -4.53. The summed E-state index contributed by atoms with van der Waals surface area (Å²) >= 11 is 6.13. The molecule has 0 atom stereocenters. The van der Waals surface area contributed by atoms with Crippen molar-refractivity contribution in [2.24, 2.45) is 0 Å². The minimum Gasteiger partial charge on any atom is -0.478 e. The summed E-state index contributed by atoms with van der Waals surface area (Å²) in [5, 5.41) is 9.34. The lowest BCUT2D eigenvalue weighted by atomic mass is 10.1. The number of pyridine rings is 2. The highest BCUT2D eigenvalue weighted by molar-refractivity contribution is 6.31. The Morgan fingerprint density at radius 2 is 1.94 bits per heavy atom. The Hall–Kier alpha value is -3.66. The smallest absolute Gasteiger partial charge is 0.417 e. The Kier molecular flexibility index (Phi) is 6.90. The molecule has 4 rings (SSSR count). The molecule has 3 aromatic heterocycles. The Morgan fingerprint density at radius 3 is 2.58 bits per heavy atom. The number of fused-ring (bicyclic) bond motifs is 1. The van der Waals surface area contributed by atoms with E-state index in [1.165, 1.54) is 12.3 Å². The first-order valence-electron chi connectivity index (χ1n) is 11.0. The number of hydrogen-bond acceptors (Lipinski definition) is 5. The first-order valence-corrected chi connectivity index (χ1v) is 11.4. The van der Waals surface area contributed by atoms with Gasteiger partial charge < -0.3 is 14.4 Å². The van der Waals surface area contributed by atoms with E-state index in [0.29, 0.717) is 17.8 Å². The topological polar surface area (TPSA) is 90.1 Å². The van der Waals surface area contributed by atoms with E-state index in [2.05, 4.69) is 15.0 Å². The van der Waals surface area contributed by atoms with Crippen molar-refractivity contribution in [2.45, 2.75) is 46.5 Å². The summed E-state index contributed by atoms with van der Waals surface area (Å²) in [5.74, 6) is -0.153. The second kappa shape index (κ2) is 9.77. The van der Waals surface area contributed by atoms with Gasteiger partial charge in [-0.25, -0.2) is 14.8 Å². The number of carbonyl (C=O) groups is 1. The molecular weight excluding hydrogens is 497 g/mol. The number of rotatable bonds is 7. The molecule has 1 aromatic carbocycles. The van der Waals surface area contributed by atoms with E-state index >= 15 is 0 Å². The van der Waals surface area contributed by atoms with Gasteiger partial charge in [-0.1, -0.05) is 24.6 Å². The molecule has 7 nitrogen and oxygen atoms in total. The normalized spacial score (nSPS) is 11.8. The molecule has 0 bridgehead atoms. The fourth-order valence-electron chi connectivity index (χ4n) is 4.04. The third kappa shape index (κ3) is 4.99. The van der Waals surface area contributed by atoms with Crippen LogP contribution in [0.25, 0.3) is 11.0 Å². The summed E-state index contributed by atoms with van der Waals surface area (Å²) in [5.41, 5.74) is 3.17. The van der Waals surface area contributed by atoms with Crippen LogP contribution in [0.1, 0.15) is 51.1 Å². The molecule has 0 saturated carbocycles. The summed E-state index contributed by atoms with van der Waals surface area (Å²) in [6.07, 6.45) is -1.93. The SMILES string of the molecule is CCc1c(C(=O)O)ccnc1OCc1cc(C)c2nc(C)n(Cc3ncc(C(F)(F)F)cc3Cl)c2c1. The Bertz CT molecular complexity index is 1470. The first-order chi connectivity index (χ1) is 17.0. The van der Waals surface area contributed by atoms with Crippen LogP contribution in [0, 0.1) is 13.8 Å². The molecule has 4 aromatic rings. The summed E-state index contributed by atoms with van der Waals surface area (Å²) in [7, 11) is 0. The van der Waals surface area contributed by atoms with Crippen molar-refractivity contribution in [1.82, 2.24) is 19.5 Å². The van der Waals surface area contributed by atoms with Crippen LogP contribution in [0.3, 0.4) is 0 Å². The van der Waals surface area contributed by atoms with Crippen LogP contribution in [0.4, 0.5) is 13.2 Å². The number of aromatic carboxylic acids is 1. The van der Waals surface area contributed by atoms with E-state index in [0.717, 1.165) is 34.4 Å². The number of carboxylic acid groups (broad SMARTS) is 1. The summed E-state index contributed by atoms with van der Waals surface area (Å²) < 4.78 is 46.7. The number of aryl methyl sites for hydroxylation is 2. The van der Waals surface area contributed by atoms with Gasteiger partial charge in [0.2, 0.25) is 5.88 Å². The molecular formula is C25H22ClF3N4O3. The van der Waals surface area contributed by atoms with Gasteiger partial charge in [-0.05, 0) is 49.6 Å². The van der Waals surface area contributed by atoms with Crippen LogP contribution in [0.15, 0.2) is 36.7 Å². The molecule has 36 heavy (non-hydrogen) atoms. The fourth-order valence-corrected chi connectivity index (χ4v) is 4.27. The number of imidazole rings is 1. The van der Waals surface area contributed by atoms with E-state index in [1.54, 1.807) is 6.92 Å².